The van der Waals surface area contributed by atoms with Gasteiger partial charge in [-0.15, -0.1) is 0 Å². The Hall–Kier alpha value is -1.07. The smallest absolute Gasteiger partial charge is 0.472 e. The summed E-state index contributed by atoms with van der Waals surface area (Å²) >= 11 is 0. The molecule has 0 aliphatic carbocycles. The molecule has 2 N–H and O–H groups in total. The Morgan fingerprint density at radius 3 is 2.18 bits per heavy atom. The maximum Gasteiger partial charge on any atom is 0.472 e. The molecule has 1 rings (SSSR count). The van der Waals surface area contributed by atoms with Gasteiger partial charge in [0.1, 0.15) is 11.5 Å². The zero-order valence-corrected chi connectivity index (χ0v) is 10.5. The van der Waals surface area contributed by atoms with Crippen molar-refractivity contribution in [3.63, 3.8) is 0 Å². The van der Waals surface area contributed by atoms with Gasteiger partial charge in [-0.1, -0.05) is 6.92 Å². The molecule has 1 unspecified atom stereocenters. The van der Waals surface area contributed by atoms with Gasteiger partial charge in [-0.2, -0.15) is 0 Å². The summed E-state index contributed by atoms with van der Waals surface area (Å²) in [6, 6.07) is 6.62. The quantitative estimate of drug-likeness (QED) is 0.601. The van der Waals surface area contributed by atoms with Crippen LogP contribution in [-0.4, -0.2) is 23.2 Å². The van der Waals surface area contributed by atoms with Crippen LogP contribution in [0, 0.1) is 0 Å². The van der Waals surface area contributed by atoms with Gasteiger partial charge in [0.2, 0.25) is 6.29 Å². The highest BCUT2D eigenvalue weighted by molar-refractivity contribution is 7.46. The van der Waals surface area contributed by atoms with Crippen molar-refractivity contribution >= 4 is 7.82 Å². The summed E-state index contributed by atoms with van der Waals surface area (Å²) in [6.07, 6.45) is -0.666. The van der Waals surface area contributed by atoms with Crippen molar-refractivity contribution in [3.05, 3.63) is 24.3 Å². The molecule has 0 aromatic heterocycles. The molecular weight excluding hydrogens is 247 g/mol. The largest absolute Gasteiger partial charge is 0.497 e. The molecule has 0 bridgehead atoms. The second-order valence-electron chi connectivity index (χ2n) is 3.23. The summed E-state index contributed by atoms with van der Waals surface area (Å²) in [6.45, 7) is 1.70. The summed E-state index contributed by atoms with van der Waals surface area (Å²) in [5.74, 6) is 1.12. The molecule has 0 saturated carbocycles. The molecular formula is C10H15O6P. The Morgan fingerprint density at radius 2 is 1.76 bits per heavy atom. The Bertz CT molecular complexity index is 384. The number of benzene rings is 1. The fourth-order valence-electron chi connectivity index (χ4n) is 1.14. The van der Waals surface area contributed by atoms with Crippen LogP contribution in [0.25, 0.3) is 0 Å². The number of ether oxygens (including phenoxy) is 2. The lowest BCUT2D eigenvalue weighted by atomic mass is 10.3. The van der Waals surface area contributed by atoms with Crippen molar-refractivity contribution < 1.29 is 28.3 Å². The lowest BCUT2D eigenvalue weighted by Gasteiger charge is -2.18. The van der Waals surface area contributed by atoms with E-state index in [1.807, 2.05) is 0 Å². The van der Waals surface area contributed by atoms with Gasteiger partial charge in [0.15, 0.2) is 0 Å². The Balaban J connectivity index is 2.64. The molecule has 17 heavy (non-hydrogen) atoms. The van der Waals surface area contributed by atoms with Crippen LogP contribution in [0.4, 0.5) is 0 Å². The van der Waals surface area contributed by atoms with Gasteiger partial charge in [0.25, 0.3) is 0 Å². The van der Waals surface area contributed by atoms with Crippen LogP contribution in [0.5, 0.6) is 11.5 Å². The van der Waals surface area contributed by atoms with Gasteiger partial charge in [0, 0.05) is 6.42 Å². The van der Waals surface area contributed by atoms with Gasteiger partial charge >= 0.3 is 7.82 Å². The van der Waals surface area contributed by atoms with Crippen molar-refractivity contribution in [3.8, 4) is 11.5 Å². The molecule has 1 aromatic carbocycles. The number of methoxy groups -OCH3 is 1. The molecule has 0 fully saturated rings. The van der Waals surface area contributed by atoms with Gasteiger partial charge < -0.3 is 19.3 Å². The average Bonchev–Trinajstić information content (AvgIpc) is 2.27. The normalized spacial score (nSPS) is 13.2. The molecule has 0 radical (unpaired) electrons. The molecule has 0 aliphatic heterocycles. The Morgan fingerprint density at radius 1 is 1.24 bits per heavy atom. The van der Waals surface area contributed by atoms with E-state index in [4.69, 9.17) is 19.3 Å². The second-order valence-corrected chi connectivity index (χ2v) is 4.42. The third-order valence-corrected chi connectivity index (χ3v) is 2.42. The highest BCUT2D eigenvalue weighted by Gasteiger charge is 2.22. The highest BCUT2D eigenvalue weighted by atomic mass is 31.2. The second kappa shape index (κ2) is 6.02. The molecule has 0 aliphatic rings. The Labute approximate surface area is 99.4 Å². The highest BCUT2D eigenvalue weighted by Crippen LogP contribution is 2.38. The lowest BCUT2D eigenvalue weighted by molar-refractivity contribution is -0.0177. The first-order chi connectivity index (χ1) is 7.94. The summed E-state index contributed by atoms with van der Waals surface area (Å²) in [4.78, 5) is 17.3. The monoisotopic (exact) mass is 262 g/mol. The van der Waals surface area contributed by atoms with Crippen molar-refractivity contribution in [1.29, 1.82) is 0 Å². The topological polar surface area (TPSA) is 85.2 Å². The maximum absolute atomic E-state index is 10.7. The number of hydrogen-bond donors (Lipinski definition) is 2. The summed E-state index contributed by atoms with van der Waals surface area (Å²) in [5, 5.41) is 0. The van der Waals surface area contributed by atoms with Gasteiger partial charge in [-0.3, -0.25) is 0 Å². The van der Waals surface area contributed by atoms with Crippen LogP contribution in [0.15, 0.2) is 24.3 Å². The molecule has 0 amide bonds. The first kappa shape index (κ1) is 14.0. The molecule has 0 saturated heterocycles. The molecule has 1 aromatic rings. The van der Waals surface area contributed by atoms with E-state index in [1.54, 1.807) is 38.3 Å². The standard InChI is InChI=1S/C10H15O6P/c1-3-10(16-17(11,12)13)15-9-6-4-8(14-2)5-7-9/h4-7,10H,3H2,1-2H3,(H2,11,12,13). The zero-order chi connectivity index (χ0) is 12.9. The predicted octanol–water partition coefficient (Wildman–Crippen LogP) is 1.92. The maximum atomic E-state index is 10.7. The van der Waals surface area contributed by atoms with Gasteiger partial charge in [-0.05, 0) is 24.3 Å². The number of hydrogen-bond acceptors (Lipinski definition) is 4. The van der Waals surface area contributed by atoms with Gasteiger partial charge in [-0.25, -0.2) is 9.09 Å². The van der Waals surface area contributed by atoms with E-state index in [9.17, 15) is 4.57 Å². The van der Waals surface area contributed by atoms with Crippen molar-refractivity contribution in [2.24, 2.45) is 0 Å². The first-order valence-electron chi connectivity index (χ1n) is 4.99. The van der Waals surface area contributed by atoms with Crippen LogP contribution < -0.4 is 9.47 Å². The first-order valence-corrected chi connectivity index (χ1v) is 6.52. The fraction of sp³-hybridized carbons (Fsp3) is 0.400. The molecule has 7 heteroatoms. The Kier molecular flexibility index (Phi) is 4.96. The van der Waals surface area contributed by atoms with E-state index in [0.717, 1.165) is 0 Å². The van der Waals surface area contributed by atoms with Crippen molar-refractivity contribution in [2.75, 3.05) is 7.11 Å². The van der Waals surface area contributed by atoms with E-state index in [2.05, 4.69) is 4.52 Å². The molecule has 0 heterocycles. The predicted molar refractivity (Wildman–Crippen MR) is 60.8 cm³/mol. The van der Waals surface area contributed by atoms with Crippen LogP contribution >= 0.6 is 7.82 Å². The third kappa shape index (κ3) is 5.19. The third-order valence-electron chi connectivity index (χ3n) is 1.92. The van der Waals surface area contributed by atoms with E-state index in [0.29, 0.717) is 17.9 Å². The van der Waals surface area contributed by atoms with E-state index < -0.39 is 14.1 Å². The lowest BCUT2D eigenvalue weighted by Crippen LogP contribution is -2.18. The SMILES string of the molecule is CCC(Oc1ccc(OC)cc1)OP(=O)(O)O. The molecule has 96 valence electrons. The average molecular weight is 262 g/mol. The van der Waals surface area contributed by atoms with Crippen molar-refractivity contribution in [2.45, 2.75) is 19.6 Å². The van der Waals surface area contributed by atoms with Crippen LogP contribution in [-0.2, 0) is 9.09 Å². The van der Waals surface area contributed by atoms with Crippen LogP contribution in [0.2, 0.25) is 0 Å². The van der Waals surface area contributed by atoms with E-state index in [1.165, 1.54) is 0 Å². The summed E-state index contributed by atoms with van der Waals surface area (Å²) < 4.78 is 25.4. The minimum atomic E-state index is -4.54. The summed E-state index contributed by atoms with van der Waals surface area (Å²) in [5.41, 5.74) is 0. The number of phosphoric ester groups is 1. The number of rotatable bonds is 6. The summed E-state index contributed by atoms with van der Waals surface area (Å²) in [7, 11) is -3.00. The molecule has 6 nitrogen and oxygen atoms in total. The van der Waals surface area contributed by atoms with Crippen molar-refractivity contribution in [1.82, 2.24) is 0 Å². The van der Waals surface area contributed by atoms with Crippen LogP contribution in [0.3, 0.4) is 0 Å². The zero-order valence-electron chi connectivity index (χ0n) is 9.57. The van der Waals surface area contributed by atoms with E-state index >= 15 is 0 Å². The minimum absolute atomic E-state index is 0.317. The minimum Gasteiger partial charge on any atom is -0.497 e. The molecule has 0 spiro atoms. The van der Waals surface area contributed by atoms with E-state index in [-0.39, 0.29) is 0 Å². The molecule has 1 atom stereocenters. The van der Waals surface area contributed by atoms with Crippen LogP contribution in [0.1, 0.15) is 13.3 Å². The van der Waals surface area contributed by atoms with Gasteiger partial charge in [0.05, 0.1) is 7.11 Å². The number of phosphoric acid groups is 1. The fourth-order valence-corrected chi connectivity index (χ4v) is 1.64.